The van der Waals surface area contributed by atoms with Crippen LogP contribution in [0.15, 0.2) is 91.2 Å². The Bertz CT molecular complexity index is 1470. The average molecular weight is 599 g/mol. The zero-order valence-corrected chi connectivity index (χ0v) is 27.1. The Morgan fingerprint density at radius 1 is 0.977 bits per heavy atom. The monoisotopic (exact) mass is 598 g/mol. The Labute approximate surface area is 262 Å². The predicted molar refractivity (Wildman–Crippen MR) is 179 cm³/mol. The van der Waals surface area contributed by atoms with Gasteiger partial charge in [0.25, 0.3) is 5.91 Å². The quantitative estimate of drug-likeness (QED) is 0.114. The highest BCUT2D eigenvalue weighted by atomic mass is 19.1. The number of allylic oxidation sites excluding steroid dienone is 4. The minimum Gasteiger partial charge on any atom is -0.460 e. The van der Waals surface area contributed by atoms with E-state index < -0.39 is 5.60 Å². The number of halogens is 1. The second-order valence-electron chi connectivity index (χ2n) is 12.2. The first kappa shape index (κ1) is 34.3. The molecule has 0 spiro atoms. The molecule has 3 rings (SSSR count). The second-order valence-corrected chi connectivity index (χ2v) is 12.2. The molecule has 3 aromatic rings. The van der Waals surface area contributed by atoms with E-state index in [-0.39, 0.29) is 23.6 Å². The standard InChI is InChI=1S/C38H47FN2O3/c1-8-10-20-31(9-2)40-37(43)34-33(28-18-14-13-15-19-28)36(29-22-24-30(39)25-23-29)41(35(34)27(3)4)26-17-12-11-16-21-32(42)44-38(5,6)7/h8-10,13-15,18-20,22-25,27H,2,11-12,16-17,21,26H2,1,3-7H3,(H,40,43)/b10-8-,31-20+. The Hall–Kier alpha value is -4.19. The van der Waals surface area contributed by atoms with Crippen LogP contribution >= 0.6 is 0 Å². The lowest BCUT2D eigenvalue weighted by Gasteiger charge is -2.19. The number of amides is 1. The molecule has 2 aromatic carbocycles. The van der Waals surface area contributed by atoms with Crippen molar-refractivity contribution in [2.45, 2.75) is 91.7 Å². The normalized spacial score (nSPS) is 12.1. The maximum atomic E-state index is 14.2. The second kappa shape index (κ2) is 16.0. The highest BCUT2D eigenvalue weighted by Crippen LogP contribution is 2.42. The molecule has 0 aliphatic carbocycles. The summed E-state index contributed by atoms with van der Waals surface area (Å²) < 4.78 is 21.8. The molecule has 1 amide bonds. The van der Waals surface area contributed by atoms with Crippen LogP contribution in [0.4, 0.5) is 4.39 Å². The van der Waals surface area contributed by atoms with Crippen LogP contribution in [-0.2, 0) is 16.1 Å². The largest absolute Gasteiger partial charge is 0.460 e. The van der Waals surface area contributed by atoms with Crippen LogP contribution < -0.4 is 5.32 Å². The molecular formula is C38H47FN2O3. The van der Waals surface area contributed by atoms with Gasteiger partial charge in [0.2, 0.25) is 0 Å². The fourth-order valence-corrected chi connectivity index (χ4v) is 5.33. The predicted octanol–water partition coefficient (Wildman–Crippen LogP) is 9.75. The molecule has 0 aliphatic heterocycles. The number of hydrogen-bond acceptors (Lipinski definition) is 3. The van der Waals surface area contributed by atoms with E-state index in [0.29, 0.717) is 24.2 Å². The van der Waals surface area contributed by atoms with E-state index in [9.17, 15) is 14.0 Å². The summed E-state index contributed by atoms with van der Waals surface area (Å²) in [6.45, 7) is 16.3. The van der Waals surface area contributed by atoms with Crippen molar-refractivity contribution in [3.63, 3.8) is 0 Å². The zero-order valence-electron chi connectivity index (χ0n) is 27.1. The van der Waals surface area contributed by atoms with Gasteiger partial charge in [0, 0.05) is 29.9 Å². The van der Waals surface area contributed by atoms with Gasteiger partial charge in [0.05, 0.1) is 11.3 Å². The van der Waals surface area contributed by atoms with E-state index >= 15 is 0 Å². The molecule has 0 saturated carbocycles. The van der Waals surface area contributed by atoms with Gasteiger partial charge in [-0.25, -0.2) is 4.39 Å². The van der Waals surface area contributed by atoms with Crippen LogP contribution in [0.25, 0.3) is 22.4 Å². The highest BCUT2D eigenvalue weighted by molar-refractivity contribution is 6.07. The topological polar surface area (TPSA) is 60.3 Å². The van der Waals surface area contributed by atoms with Gasteiger partial charge in [0.1, 0.15) is 11.4 Å². The summed E-state index contributed by atoms with van der Waals surface area (Å²) in [7, 11) is 0. The van der Waals surface area contributed by atoms with Gasteiger partial charge in [-0.15, -0.1) is 0 Å². The fourth-order valence-electron chi connectivity index (χ4n) is 5.33. The third-order valence-corrected chi connectivity index (χ3v) is 7.14. The molecule has 234 valence electrons. The smallest absolute Gasteiger partial charge is 0.306 e. The summed E-state index contributed by atoms with van der Waals surface area (Å²) >= 11 is 0. The first-order chi connectivity index (χ1) is 21.0. The van der Waals surface area contributed by atoms with Crippen molar-refractivity contribution in [1.82, 2.24) is 9.88 Å². The summed E-state index contributed by atoms with van der Waals surface area (Å²) in [5.74, 6) is -0.687. The van der Waals surface area contributed by atoms with Crippen molar-refractivity contribution in [3.05, 3.63) is 108 Å². The molecule has 1 N–H and O–H groups in total. The van der Waals surface area contributed by atoms with E-state index in [1.165, 1.54) is 12.1 Å². The minimum atomic E-state index is -0.481. The lowest BCUT2D eigenvalue weighted by Crippen LogP contribution is -2.24. The van der Waals surface area contributed by atoms with Crippen molar-refractivity contribution in [2.24, 2.45) is 0 Å². The number of unbranched alkanes of at least 4 members (excludes halogenated alkanes) is 3. The van der Waals surface area contributed by atoms with E-state index in [0.717, 1.165) is 53.8 Å². The van der Waals surface area contributed by atoms with Gasteiger partial charge in [-0.3, -0.25) is 9.59 Å². The molecule has 1 aromatic heterocycles. The summed E-state index contributed by atoms with van der Waals surface area (Å²) in [6.07, 6.45) is 11.0. The lowest BCUT2D eigenvalue weighted by atomic mass is 9.94. The number of esters is 1. The third-order valence-electron chi connectivity index (χ3n) is 7.14. The van der Waals surface area contributed by atoms with Gasteiger partial charge >= 0.3 is 5.97 Å². The minimum absolute atomic E-state index is 0.0197. The summed E-state index contributed by atoms with van der Waals surface area (Å²) in [5, 5.41) is 3.07. The highest BCUT2D eigenvalue weighted by Gasteiger charge is 2.30. The molecule has 0 unspecified atom stereocenters. The van der Waals surface area contributed by atoms with Crippen molar-refractivity contribution in [3.8, 4) is 22.4 Å². The van der Waals surface area contributed by atoms with E-state index in [2.05, 4.69) is 30.3 Å². The molecule has 0 aliphatic rings. The van der Waals surface area contributed by atoms with Crippen LogP contribution in [0.1, 0.15) is 95.6 Å². The summed E-state index contributed by atoms with van der Waals surface area (Å²) in [6, 6.07) is 16.4. The molecule has 0 atom stereocenters. The first-order valence-corrected chi connectivity index (χ1v) is 15.5. The maximum Gasteiger partial charge on any atom is 0.306 e. The van der Waals surface area contributed by atoms with Gasteiger partial charge in [-0.2, -0.15) is 0 Å². The lowest BCUT2D eigenvalue weighted by molar-refractivity contribution is -0.154. The SMILES string of the molecule is C=C/C(=C\C=C/C)NC(=O)c1c(-c2ccccc2)c(-c2ccc(F)cc2)n(CCCCCCC(=O)OC(C)(C)C)c1C(C)C. The Kier molecular flexibility index (Phi) is 12.5. The number of rotatable bonds is 14. The van der Waals surface area contributed by atoms with Crippen LogP contribution in [-0.4, -0.2) is 22.0 Å². The number of nitrogens with one attached hydrogen (secondary N) is 1. The van der Waals surface area contributed by atoms with E-state index in [1.54, 1.807) is 18.2 Å². The van der Waals surface area contributed by atoms with Crippen LogP contribution in [0.3, 0.4) is 0 Å². The molecule has 0 fully saturated rings. The molecule has 44 heavy (non-hydrogen) atoms. The molecule has 0 radical (unpaired) electrons. The van der Waals surface area contributed by atoms with Gasteiger partial charge in [-0.1, -0.05) is 75.8 Å². The maximum absolute atomic E-state index is 14.2. The fraction of sp³-hybridized carbons (Fsp3) is 0.368. The number of aromatic nitrogens is 1. The summed E-state index contributed by atoms with van der Waals surface area (Å²) in [4.78, 5) is 26.3. The Morgan fingerprint density at radius 3 is 2.23 bits per heavy atom. The van der Waals surface area contributed by atoms with Crippen molar-refractivity contribution >= 4 is 11.9 Å². The average Bonchev–Trinajstić information content (AvgIpc) is 3.32. The number of nitrogens with zero attached hydrogens (tertiary/aromatic N) is 1. The third kappa shape index (κ3) is 9.40. The number of benzene rings is 2. The zero-order chi connectivity index (χ0) is 32.3. The van der Waals surface area contributed by atoms with Crippen LogP contribution in [0, 0.1) is 5.82 Å². The molecule has 6 heteroatoms. The number of carbonyl (C=O) groups is 2. The number of ether oxygens (including phenoxy) is 1. The van der Waals surface area contributed by atoms with Crippen LogP contribution in [0.2, 0.25) is 0 Å². The van der Waals surface area contributed by atoms with E-state index in [1.807, 2.05) is 76.3 Å². The molecule has 0 saturated heterocycles. The summed E-state index contributed by atoms with van der Waals surface area (Å²) in [5.41, 5.74) is 5.09. The molecular weight excluding hydrogens is 551 g/mol. The number of hydrogen-bond donors (Lipinski definition) is 1. The Morgan fingerprint density at radius 2 is 1.64 bits per heavy atom. The van der Waals surface area contributed by atoms with E-state index in [4.69, 9.17) is 4.74 Å². The molecule has 1 heterocycles. The van der Waals surface area contributed by atoms with Gasteiger partial charge in [-0.05, 0) is 94.0 Å². The molecule has 0 bridgehead atoms. The number of carbonyl (C=O) groups excluding carboxylic acids is 2. The molecule has 5 nitrogen and oxygen atoms in total. The first-order valence-electron chi connectivity index (χ1n) is 15.5. The van der Waals surface area contributed by atoms with Crippen LogP contribution in [0.5, 0.6) is 0 Å². The van der Waals surface area contributed by atoms with Gasteiger partial charge < -0.3 is 14.6 Å². The van der Waals surface area contributed by atoms with Crippen molar-refractivity contribution < 1.29 is 18.7 Å². The van der Waals surface area contributed by atoms with Gasteiger partial charge in [0.15, 0.2) is 0 Å². The Balaban J connectivity index is 2.08. The van der Waals surface area contributed by atoms with Crippen molar-refractivity contribution in [1.29, 1.82) is 0 Å². The van der Waals surface area contributed by atoms with Crippen molar-refractivity contribution in [2.75, 3.05) is 0 Å².